The molecule has 0 bridgehead atoms. The fourth-order valence-electron chi connectivity index (χ4n) is 2.18. The van der Waals surface area contributed by atoms with Crippen molar-refractivity contribution >= 4 is 0 Å². The maximum absolute atomic E-state index is 10.2. The number of hydrogen-bond donors (Lipinski definition) is 2. The smallest absolute Gasteiger partial charge is 0.0798 e. The predicted molar refractivity (Wildman–Crippen MR) is 55.5 cm³/mol. The Morgan fingerprint density at radius 1 is 1.38 bits per heavy atom. The van der Waals surface area contributed by atoms with Gasteiger partial charge in [-0.15, -0.1) is 0 Å². The van der Waals surface area contributed by atoms with Crippen LogP contribution in [-0.4, -0.2) is 16.7 Å². The summed E-state index contributed by atoms with van der Waals surface area (Å²) in [6.07, 6.45) is 6.22. The molecule has 0 spiro atoms. The Labute approximate surface area is 81.5 Å². The van der Waals surface area contributed by atoms with Crippen molar-refractivity contribution in [3.8, 4) is 0 Å². The molecule has 0 amide bonds. The summed E-state index contributed by atoms with van der Waals surface area (Å²) >= 11 is 0. The first-order chi connectivity index (χ1) is 6.08. The van der Waals surface area contributed by atoms with E-state index in [0.717, 1.165) is 38.5 Å². The Hall–Kier alpha value is -0.0800. The van der Waals surface area contributed by atoms with Crippen molar-refractivity contribution in [1.82, 2.24) is 0 Å². The number of rotatable bonds is 4. The van der Waals surface area contributed by atoms with Crippen LogP contribution in [0, 0.1) is 5.92 Å². The zero-order valence-corrected chi connectivity index (χ0v) is 8.92. The molecule has 1 aliphatic rings. The van der Waals surface area contributed by atoms with Gasteiger partial charge in [0.2, 0.25) is 0 Å². The van der Waals surface area contributed by atoms with E-state index < -0.39 is 5.60 Å². The topological polar surface area (TPSA) is 46.2 Å². The quantitative estimate of drug-likeness (QED) is 0.704. The van der Waals surface area contributed by atoms with Crippen LogP contribution >= 0.6 is 0 Å². The molecular weight excluding hydrogens is 162 g/mol. The van der Waals surface area contributed by atoms with Crippen molar-refractivity contribution < 1.29 is 5.11 Å². The highest BCUT2D eigenvalue weighted by Crippen LogP contribution is 2.33. The minimum Gasteiger partial charge on any atom is -0.388 e. The van der Waals surface area contributed by atoms with Crippen molar-refractivity contribution in [2.24, 2.45) is 11.7 Å². The van der Waals surface area contributed by atoms with Crippen LogP contribution in [0.4, 0.5) is 0 Å². The van der Waals surface area contributed by atoms with Crippen molar-refractivity contribution in [2.75, 3.05) is 0 Å². The van der Waals surface area contributed by atoms with Gasteiger partial charge in [-0.1, -0.05) is 33.1 Å². The molecule has 0 aliphatic heterocycles. The van der Waals surface area contributed by atoms with Crippen molar-refractivity contribution in [2.45, 2.75) is 64.0 Å². The summed E-state index contributed by atoms with van der Waals surface area (Å²) in [5.74, 6) is 0.639. The van der Waals surface area contributed by atoms with Gasteiger partial charge in [0.25, 0.3) is 0 Å². The van der Waals surface area contributed by atoms with Gasteiger partial charge in [0.05, 0.1) is 5.60 Å². The van der Waals surface area contributed by atoms with Crippen LogP contribution < -0.4 is 5.73 Å². The van der Waals surface area contributed by atoms with Crippen LogP contribution in [0.2, 0.25) is 0 Å². The van der Waals surface area contributed by atoms with Crippen LogP contribution in [0.25, 0.3) is 0 Å². The van der Waals surface area contributed by atoms with Gasteiger partial charge in [-0.05, 0) is 25.2 Å². The van der Waals surface area contributed by atoms with Gasteiger partial charge >= 0.3 is 0 Å². The molecule has 0 heterocycles. The average molecular weight is 185 g/mol. The van der Waals surface area contributed by atoms with E-state index in [4.69, 9.17) is 5.73 Å². The van der Waals surface area contributed by atoms with Crippen LogP contribution in [0.5, 0.6) is 0 Å². The number of hydrogen-bond acceptors (Lipinski definition) is 2. The minimum atomic E-state index is -0.538. The second-order valence-electron chi connectivity index (χ2n) is 4.67. The van der Waals surface area contributed by atoms with Crippen molar-refractivity contribution in [1.29, 1.82) is 0 Å². The lowest BCUT2D eigenvalue weighted by molar-refractivity contribution is 0.0138. The van der Waals surface area contributed by atoms with E-state index >= 15 is 0 Å². The van der Waals surface area contributed by atoms with E-state index in [1.807, 2.05) is 0 Å². The molecule has 0 radical (unpaired) electrons. The van der Waals surface area contributed by atoms with E-state index in [9.17, 15) is 5.11 Å². The Kier molecular flexibility index (Phi) is 3.74. The third-order valence-electron chi connectivity index (χ3n) is 3.51. The summed E-state index contributed by atoms with van der Waals surface area (Å²) in [5, 5.41) is 10.2. The lowest BCUT2D eigenvalue weighted by Crippen LogP contribution is -2.46. The molecule has 3 N–H and O–H groups in total. The zero-order valence-electron chi connectivity index (χ0n) is 8.92. The highest BCUT2D eigenvalue weighted by Gasteiger charge is 2.37. The third kappa shape index (κ3) is 2.68. The number of aliphatic hydroxyl groups is 1. The molecule has 2 unspecified atom stereocenters. The van der Waals surface area contributed by atoms with Crippen LogP contribution in [0.1, 0.15) is 52.4 Å². The lowest BCUT2D eigenvalue weighted by atomic mass is 9.86. The van der Waals surface area contributed by atoms with Crippen LogP contribution in [0.15, 0.2) is 0 Å². The second kappa shape index (κ2) is 4.43. The van der Waals surface area contributed by atoms with E-state index in [2.05, 4.69) is 13.8 Å². The molecule has 0 aromatic heterocycles. The average Bonchev–Trinajstić information content (AvgIpc) is 2.53. The molecule has 1 saturated carbocycles. The fraction of sp³-hybridized carbons (Fsp3) is 1.00. The van der Waals surface area contributed by atoms with Gasteiger partial charge in [-0.2, -0.15) is 0 Å². The van der Waals surface area contributed by atoms with E-state index in [0.29, 0.717) is 5.92 Å². The monoisotopic (exact) mass is 185 g/mol. The molecular formula is C11H23NO. The molecule has 2 atom stereocenters. The summed E-state index contributed by atoms with van der Waals surface area (Å²) in [5.41, 5.74) is 5.50. The first kappa shape index (κ1) is 11.0. The maximum Gasteiger partial charge on any atom is 0.0798 e. The van der Waals surface area contributed by atoms with Gasteiger partial charge < -0.3 is 10.8 Å². The van der Waals surface area contributed by atoms with Gasteiger partial charge in [0, 0.05) is 6.04 Å². The lowest BCUT2D eigenvalue weighted by Gasteiger charge is -2.31. The molecule has 78 valence electrons. The van der Waals surface area contributed by atoms with E-state index in [-0.39, 0.29) is 6.04 Å². The molecule has 0 aromatic carbocycles. The molecule has 1 fully saturated rings. The zero-order chi connectivity index (χ0) is 9.90. The summed E-state index contributed by atoms with van der Waals surface area (Å²) in [6.45, 7) is 4.38. The standard InChI is InChI=1S/C11H23NO/c1-3-9(2)8-10(12)11(13)6-4-5-7-11/h9-10,13H,3-8,12H2,1-2H3. The largest absolute Gasteiger partial charge is 0.388 e. The molecule has 1 rings (SSSR count). The molecule has 0 saturated heterocycles. The number of nitrogens with two attached hydrogens (primary N) is 1. The first-order valence-electron chi connectivity index (χ1n) is 5.56. The van der Waals surface area contributed by atoms with E-state index in [1.165, 1.54) is 0 Å². The van der Waals surface area contributed by atoms with Crippen LogP contribution in [0.3, 0.4) is 0 Å². The molecule has 1 aliphatic carbocycles. The summed E-state index contributed by atoms with van der Waals surface area (Å²) in [4.78, 5) is 0. The van der Waals surface area contributed by atoms with Crippen molar-refractivity contribution in [3.05, 3.63) is 0 Å². The SMILES string of the molecule is CCC(C)CC(N)C1(O)CCCC1. The van der Waals surface area contributed by atoms with Gasteiger partial charge in [0.1, 0.15) is 0 Å². The summed E-state index contributed by atoms with van der Waals surface area (Å²) < 4.78 is 0. The molecule has 2 nitrogen and oxygen atoms in total. The third-order valence-corrected chi connectivity index (χ3v) is 3.51. The minimum absolute atomic E-state index is 0.00931. The first-order valence-corrected chi connectivity index (χ1v) is 5.56. The van der Waals surface area contributed by atoms with Gasteiger partial charge in [0.15, 0.2) is 0 Å². The molecule has 0 aromatic rings. The molecule has 13 heavy (non-hydrogen) atoms. The highest BCUT2D eigenvalue weighted by atomic mass is 16.3. The Morgan fingerprint density at radius 3 is 2.38 bits per heavy atom. The summed E-state index contributed by atoms with van der Waals surface area (Å²) in [6, 6.07) is -0.00931. The van der Waals surface area contributed by atoms with E-state index in [1.54, 1.807) is 0 Å². The van der Waals surface area contributed by atoms with Gasteiger partial charge in [-0.3, -0.25) is 0 Å². The predicted octanol–water partition coefficient (Wildman–Crippen LogP) is 2.05. The Bertz CT molecular complexity index is 152. The summed E-state index contributed by atoms with van der Waals surface area (Å²) in [7, 11) is 0. The Morgan fingerprint density at radius 2 is 1.92 bits per heavy atom. The molecule has 2 heteroatoms. The highest BCUT2D eigenvalue weighted by molar-refractivity contribution is 4.93. The normalized spacial score (nSPS) is 25.8. The van der Waals surface area contributed by atoms with Crippen molar-refractivity contribution in [3.63, 3.8) is 0 Å². The van der Waals surface area contributed by atoms with Crippen LogP contribution in [-0.2, 0) is 0 Å². The fourth-order valence-corrected chi connectivity index (χ4v) is 2.18. The second-order valence-corrected chi connectivity index (χ2v) is 4.67. The Balaban J connectivity index is 2.41. The maximum atomic E-state index is 10.2. The van der Waals surface area contributed by atoms with Gasteiger partial charge in [-0.25, -0.2) is 0 Å².